The molecular weight excluding hydrogens is 273 g/mol. The summed E-state index contributed by atoms with van der Waals surface area (Å²) >= 11 is 12.1. The molecule has 0 aliphatic heterocycles. The minimum atomic E-state index is -0.188. The van der Waals surface area contributed by atoms with E-state index in [4.69, 9.17) is 23.2 Å². The van der Waals surface area contributed by atoms with Crippen LogP contribution >= 0.6 is 23.2 Å². The van der Waals surface area contributed by atoms with Crippen LogP contribution in [0, 0.1) is 0 Å². The second kappa shape index (κ2) is 5.69. The highest BCUT2D eigenvalue weighted by Gasteiger charge is 2.11. The fourth-order valence-corrected chi connectivity index (χ4v) is 2.31. The molecule has 1 heterocycles. The Morgan fingerprint density at radius 1 is 1.39 bits per heavy atom. The van der Waals surface area contributed by atoms with Crippen LogP contribution in [0.3, 0.4) is 0 Å². The largest absolute Gasteiger partial charge is 0.320 e. The van der Waals surface area contributed by atoms with Gasteiger partial charge in [-0.2, -0.15) is 0 Å². The minimum Gasteiger partial charge on any atom is -0.320 e. The van der Waals surface area contributed by atoms with Crippen molar-refractivity contribution in [3.63, 3.8) is 0 Å². The normalized spacial score (nSPS) is 11.1. The van der Waals surface area contributed by atoms with Gasteiger partial charge in [0.1, 0.15) is 0 Å². The second-order valence-corrected chi connectivity index (χ2v) is 4.67. The summed E-state index contributed by atoms with van der Waals surface area (Å²) in [4.78, 5) is 16.5. The summed E-state index contributed by atoms with van der Waals surface area (Å²) in [7, 11) is 1.86. The predicted molar refractivity (Wildman–Crippen MR) is 74.6 cm³/mol. The van der Waals surface area contributed by atoms with Crippen molar-refractivity contribution >= 4 is 34.1 Å². The van der Waals surface area contributed by atoms with E-state index in [9.17, 15) is 4.79 Å². The van der Waals surface area contributed by atoms with Gasteiger partial charge in [0.05, 0.1) is 15.9 Å². The van der Waals surface area contributed by atoms with Crippen LogP contribution < -0.4 is 10.9 Å². The molecule has 2 rings (SSSR count). The van der Waals surface area contributed by atoms with Crippen molar-refractivity contribution in [2.75, 3.05) is 13.6 Å². The van der Waals surface area contributed by atoms with E-state index < -0.39 is 0 Å². The highest BCUT2D eigenvalue weighted by Crippen LogP contribution is 2.20. The van der Waals surface area contributed by atoms with E-state index >= 15 is 0 Å². The summed E-state index contributed by atoms with van der Waals surface area (Å²) in [6, 6.07) is 5.16. The number of nitrogens with zero attached hydrogens (tertiary/aromatic N) is 2. The van der Waals surface area contributed by atoms with Crippen LogP contribution in [-0.4, -0.2) is 23.1 Å². The Morgan fingerprint density at radius 2 is 2.17 bits per heavy atom. The molecule has 6 heteroatoms. The van der Waals surface area contributed by atoms with Gasteiger partial charge >= 0.3 is 0 Å². The van der Waals surface area contributed by atoms with Crippen LogP contribution in [0.5, 0.6) is 0 Å². The molecule has 1 aromatic carbocycles. The van der Waals surface area contributed by atoms with E-state index in [-0.39, 0.29) is 10.8 Å². The molecule has 0 radical (unpaired) electrons. The Hall–Kier alpha value is -1.10. The number of aromatic nitrogens is 2. The Bertz CT molecular complexity index is 624. The third-order valence-electron chi connectivity index (χ3n) is 2.69. The van der Waals surface area contributed by atoms with Gasteiger partial charge in [-0.3, -0.25) is 9.36 Å². The van der Waals surface area contributed by atoms with E-state index in [1.54, 1.807) is 18.2 Å². The van der Waals surface area contributed by atoms with Crippen LogP contribution in [-0.2, 0) is 6.54 Å². The summed E-state index contributed by atoms with van der Waals surface area (Å²) in [6.45, 7) is 1.33. The Labute approximate surface area is 115 Å². The smallest absolute Gasteiger partial charge is 0.263 e. The number of rotatable bonds is 4. The zero-order chi connectivity index (χ0) is 13.1. The van der Waals surface area contributed by atoms with Gasteiger partial charge in [0, 0.05) is 6.54 Å². The summed E-state index contributed by atoms with van der Waals surface area (Å²) in [5.74, 6) is 0. The Kier molecular flexibility index (Phi) is 4.22. The SMILES string of the molecule is CNCCCn1c(Cl)nc2cccc(Cl)c2c1=O. The molecule has 0 atom stereocenters. The van der Waals surface area contributed by atoms with Crippen molar-refractivity contribution in [1.29, 1.82) is 0 Å². The monoisotopic (exact) mass is 285 g/mol. The van der Waals surface area contributed by atoms with E-state index in [1.807, 2.05) is 7.05 Å². The van der Waals surface area contributed by atoms with Gasteiger partial charge in [-0.25, -0.2) is 4.98 Å². The molecule has 0 bridgehead atoms. The van der Waals surface area contributed by atoms with Crippen molar-refractivity contribution in [2.45, 2.75) is 13.0 Å². The molecule has 4 nitrogen and oxygen atoms in total. The third-order valence-corrected chi connectivity index (χ3v) is 3.30. The van der Waals surface area contributed by atoms with Crippen molar-refractivity contribution in [3.8, 4) is 0 Å². The van der Waals surface area contributed by atoms with E-state index in [0.717, 1.165) is 13.0 Å². The number of hydrogen-bond donors (Lipinski definition) is 1. The zero-order valence-electron chi connectivity index (χ0n) is 9.91. The highest BCUT2D eigenvalue weighted by molar-refractivity contribution is 6.35. The lowest BCUT2D eigenvalue weighted by atomic mass is 10.2. The predicted octanol–water partition coefficient (Wildman–Crippen LogP) is 2.31. The molecule has 2 aromatic rings. The second-order valence-electron chi connectivity index (χ2n) is 3.93. The van der Waals surface area contributed by atoms with Crippen molar-refractivity contribution < 1.29 is 0 Å². The molecular formula is C12H13Cl2N3O. The van der Waals surface area contributed by atoms with Crippen molar-refractivity contribution in [3.05, 3.63) is 38.9 Å². The first-order valence-corrected chi connectivity index (χ1v) is 6.40. The number of halogens is 2. The summed E-state index contributed by atoms with van der Waals surface area (Å²) in [5.41, 5.74) is 0.342. The molecule has 18 heavy (non-hydrogen) atoms. The third kappa shape index (κ3) is 2.51. The van der Waals surface area contributed by atoms with E-state index in [2.05, 4.69) is 10.3 Å². The van der Waals surface area contributed by atoms with Crippen molar-refractivity contribution in [1.82, 2.24) is 14.9 Å². The van der Waals surface area contributed by atoms with Gasteiger partial charge in [-0.1, -0.05) is 17.7 Å². The molecule has 0 saturated heterocycles. The average Bonchev–Trinajstić information content (AvgIpc) is 2.33. The van der Waals surface area contributed by atoms with Gasteiger partial charge in [0.15, 0.2) is 0 Å². The Balaban J connectivity index is 2.54. The van der Waals surface area contributed by atoms with Gasteiger partial charge in [-0.15, -0.1) is 0 Å². The molecule has 0 fully saturated rings. The van der Waals surface area contributed by atoms with Crippen LogP contribution in [0.15, 0.2) is 23.0 Å². The molecule has 0 unspecified atom stereocenters. The lowest BCUT2D eigenvalue weighted by Crippen LogP contribution is -2.24. The van der Waals surface area contributed by atoms with E-state index in [1.165, 1.54) is 4.57 Å². The summed E-state index contributed by atoms with van der Waals surface area (Å²) in [6.07, 6.45) is 0.799. The molecule has 1 N–H and O–H groups in total. The van der Waals surface area contributed by atoms with Crippen LogP contribution in [0.1, 0.15) is 6.42 Å². The number of hydrogen-bond acceptors (Lipinski definition) is 3. The molecule has 0 aliphatic rings. The van der Waals surface area contributed by atoms with Gasteiger partial charge in [0.2, 0.25) is 5.28 Å². The number of benzene rings is 1. The maximum atomic E-state index is 12.3. The van der Waals surface area contributed by atoms with Crippen LogP contribution in [0.2, 0.25) is 10.3 Å². The maximum Gasteiger partial charge on any atom is 0.263 e. The molecule has 0 saturated carbocycles. The first kappa shape index (κ1) is 13.3. The van der Waals surface area contributed by atoms with Gasteiger partial charge in [0.25, 0.3) is 5.56 Å². The standard InChI is InChI=1S/C12H13Cl2N3O/c1-15-6-3-7-17-11(18)10-8(13)4-2-5-9(10)16-12(17)14/h2,4-5,15H,3,6-7H2,1H3. The summed E-state index contributed by atoms with van der Waals surface area (Å²) < 4.78 is 1.45. The summed E-state index contributed by atoms with van der Waals surface area (Å²) in [5, 5.41) is 4.05. The zero-order valence-corrected chi connectivity index (χ0v) is 11.4. The highest BCUT2D eigenvalue weighted by atomic mass is 35.5. The van der Waals surface area contributed by atoms with Crippen LogP contribution in [0.4, 0.5) is 0 Å². The molecule has 0 aliphatic carbocycles. The average molecular weight is 286 g/mol. The fraction of sp³-hybridized carbons (Fsp3) is 0.333. The molecule has 96 valence electrons. The lowest BCUT2D eigenvalue weighted by molar-refractivity contribution is 0.595. The molecule has 0 spiro atoms. The molecule has 0 amide bonds. The van der Waals surface area contributed by atoms with Gasteiger partial charge < -0.3 is 5.32 Å². The Morgan fingerprint density at radius 3 is 2.89 bits per heavy atom. The quantitative estimate of drug-likeness (QED) is 0.693. The van der Waals surface area contributed by atoms with Crippen molar-refractivity contribution in [2.24, 2.45) is 0 Å². The minimum absolute atomic E-state index is 0.188. The fourth-order valence-electron chi connectivity index (χ4n) is 1.80. The van der Waals surface area contributed by atoms with Gasteiger partial charge in [-0.05, 0) is 43.7 Å². The topological polar surface area (TPSA) is 46.9 Å². The van der Waals surface area contributed by atoms with E-state index in [0.29, 0.717) is 22.5 Å². The first-order valence-electron chi connectivity index (χ1n) is 5.64. The maximum absolute atomic E-state index is 12.3. The lowest BCUT2D eigenvalue weighted by Gasteiger charge is -2.09. The number of nitrogens with one attached hydrogen (secondary N) is 1. The molecule has 1 aromatic heterocycles. The first-order chi connectivity index (χ1) is 8.65. The van der Waals surface area contributed by atoms with Crippen LogP contribution in [0.25, 0.3) is 10.9 Å². The number of fused-ring (bicyclic) bond motifs is 1.